The highest BCUT2D eigenvalue weighted by atomic mass is 16.3. The summed E-state index contributed by atoms with van der Waals surface area (Å²) in [5, 5.41) is 16.6. The zero-order valence-electron chi connectivity index (χ0n) is 12.6. The van der Waals surface area contributed by atoms with Crippen molar-refractivity contribution in [3.05, 3.63) is 11.9 Å². The summed E-state index contributed by atoms with van der Waals surface area (Å²) in [7, 11) is 0. The lowest BCUT2D eigenvalue weighted by Crippen LogP contribution is -2.44. The number of hydrogen-bond donors (Lipinski definition) is 3. The summed E-state index contributed by atoms with van der Waals surface area (Å²) in [6.07, 6.45) is 8.07. The van der Waals surface area contributed by atoms with E-state index >= 15 is 0 Å². The van der Waals surface area contributed by atoms with E-state index in [1.54, 1.807) is 6.33 Å². The maximum absolute atomic E-state index is 9.82. The van der Waals surface area contributed by atoms with Gasteiger partial charge in [-0.25, -0.2) is 9.97 Å². The third-order valence-electron chi connectivity index (χ3n) is 4.14. The van der Waals surface area contributed by atoms with Gasteiger partial charge in [-0.2, -0.15) is 0 Å². The first-order valence-electron chi connectivity index (χ1n) is 7.71. The number of aliphatic hydroxyl groups excluding tert-OH is 1. The number of aromatic nitrogens is 2. The Kier molecular flexibility index (Phi) is 5.17. The summed E-state index contributed by atoms with van der Waals surface area (Å²) < 4.78 is 0. The molecule has 0 aromatic carbocycles. The summed E-state index contributed by atoms with van der Waals surface area (Å²) in [5.41, 5.74) is 0.896. The third-order valence-corrected chi connectivity index (χ3v) is 4.14. The molecule has 1 heterocycles. The monoisotopic (exact) mass is 278 g/mol. The Hall–Kier alpha value is -1.36. The van der Waals surface area contributed by atoms with Crippen molar-refractivity contribution in [3.8, 4) is 0 Å². The van der Waals surface area contributed by atoms with Crippen LogP contribution in [0.1, 0.15) is 51.5 Å². The lowest BCUT2D eigenvalue weighted by atomic mass is 9.82. The predicted molar refractivity (Wildman–Crippen MR) is 82.1 cm³/mol. The molecule has 0 saturated heterocycles. The van der Waals surface area contributed by atoms with E-state index in [1.807, 2.05) is 0 Å². The standard InChI is InChI=1S/C15H26N4O/c1-3-12-13(16-4-2)17-11-18-14(12)19-15(10-20)8-6-5-7-9-15/h11,20H,3-10H2,1-2H3,(H2,16,17,18,19). The number of aliphatic hydroxyl groups is 1. The first kappa shape index (κ1) is 15.0. The van der Waals surface area contributed by atoms with Gasteiger partial charge < -0.3 is 15.7 Å². The molecule has 0 spiro atoms. The van der Waals surface area contributed by atoms with Gasteiger partial charge in [0.1, 0.15) is 18.0 Å². The lowest BCUT2D eigenvalue weighted by molar-refractivity contribution is 0.172. The molecule has 3 N–H and O–H groups in total. The second-order valence-electron chi connectivity index (χ2n) is 5.56. The molecule has 1 aromatic rings. The Morgan fingerprint density at radius 1 is 1.15 bits per heavy atom. The van der Waals surface area contributed by atoms with Crippen molar-refractivity contribution in [1.82, 2.24) is 9.97 Å². The molecule has 0 bridgehead atoms. The van der Waals surface area contributed by atoms with Crippen LogP contribution in [0.5, 0.6) is 0 Å². The van der Waals surface area contributed by atoms with Crippen LogP contribution in [0, 0.1) is 0 Å². The van der Waals surface area contributed by atoms with Crippen LogP contribution in [0.25, 0.3) is 0 Å². The summed E-state index contributed by atoms with van der Waals surface area (Å²) in [5.74, 6) is 1.77. The van der Waals surface area contributed by atoms with E-state index in [9.17, 15) is 5.11 Å². The molecule has 1 saturated carbocycles. The van der Waals surface area contributed by atoms with Crippen LogP contribution in [0.2, 0.25) is 0 Å². The average Bonchev–Trinajstić information content (AvgIpc) is 2.49. The van der Waals surface area contributed by atoms with Crippen LogP contribution in [0.4, 0.5) is 11.6 Å². The van der Waals surface area contributed by atoms with Gasteiger partial charge in [-0.1, -0.05) is 26.2 Å². The summed E-state index contributed by atoms with van der Waals surface area (Å²) >= 11 is 0. The fourth-order valence-electron chi connectivity index (χ4n) is 2.98. The molecule has 0 unspecified atom stereocenters. The SMILES string of the molecule is CCNc1ncnc(NC2(CO)CCCCC2)c1CC. The smallest absolute Gasteiger partial charge is 0.135 e. The van der Waals surface area contributed by atoms with Gasteiger partial charge in [0.15, 0.2) is 0 Å². The number of nitrogens with zero attached hydrogens (tertiary/aromatic N) is 2. The van der Waals surface area contributed by atoms with Crippen LogP contribution in [-0.2, 0) is 6.42 Å². The molecule has 1 aliphatic carbocycles. The Balaban J connectivity index is 2.25. The quantitative estimate of drug-likeness (QED) is 0.746. The highest BCUT2D eigenvalue weighted by Crippen LogP contribution is 2.32. The number of nitrogens with one attached hydrogen (secondary N) is 2. The second kappa shape index (κ2) is 6.88. The average molecular weight is 278 g/mol. The molecule has 0 amide bonds. The second-order valence-corrected chi connectivity index (χ2v) is 5.56. The number of anilines is 2. The lowest BCUT2D eigenvalue weighted by Gasteiger charge is -2.37. The maximum atomic E-state index is 9.82. The maximum Gasteiger partial charge on any atom is 0.135 e. The molecule has 0 radical (unpaired) electrons. The van der Waals surface area contributed by atoms with Gasteiger partial charge in [-0.05, 0) is 26.2 Å². The molecule has 112 valence electrons. The van der Waals surface area contributed by atoms with E-state index < -0.39 is 0 Å². The van der Waals surface area contributed by atoms with Gasteiger partial charge >= 0.3 is 0 Å². The highest BCUT2D eigenvalue weighted by molar-refractivity contribution is 5.58. The Labute approximate surface area is 121 Å². The molecule has 0 atom stereocenters. The van der Waals surface area contributed by atoms with Crippen molar-refractivity contribution in [1.29, 1.82) is 0 Å². The van der Waals surface area contributed by atoms with Gasteiger partial charge in [0.2, 0.25) is 0 Å². The van der Waals surface area contributed by atoms with Crippen LogP contribution in [0.15, 0.2) is 6.33 Å². The molecule has 5 heteroatoms. The first-order valence-corrected chi connectivity index (χ1v) is 7.71. The van der Waals surface area contributed by atoms with Crippen molar-refractivity contribution >= 4 is 11.6 Å². The van der Waals surface area contributed by atoms with Crippen molar-refractivity contribution in [2.45, 2.75) is 57.9 Å². The van der Waals surface area contributed by atoms with Crippen LogP contribution < -0.4 is 10.6 Å². The summed E-state index contributed by atoms with van der Waals surface area (Å²) in [6.45, 7) is 5.17. The number of rotatable bonds is 6. The zero-order chi connectivity index (χ0) is 14.4. The molecule has 2 rings (SSSR count). The van der Waals surface area contributed by atoms with Crippen molar-refractivity contribution < 1.29 is 5.11 Å². The molecule has 1 fully saturated rings. The molecular weight excluding hydrogens is 252 g/mol. The van der Waals surface area contributed by atoms with Crippen LogP contribution >= 0.6 is 0 Å². The number of hydrogen-bond acceptors (Lipinski definition) is 5. The molecule has 20 heavy (non-hydrogen) atoms. The van der Waals surface area contributed by atoms with Gasteiger partial charge in [0.05, 0.1) is 12.1 Å². The van der Waals surface area contributed by atoms with Crippen LogP contribution in [0.3, 0.4) is 0 Å². The van der Waals surface area contributed by atoms with E-state index in [4.69, 9.17) is 0 Å². The first-order chi connectivity index (χ1) is 9.74. The van der Waals surface area contributed by atoms with E-state index in [-0.39, 0.29) is 12.1 Å². The Bertz CT molecular complexity index is 430. The molecule has 5 nitrogen and oxygen atoms in total. The third kappa shape index (κ3) is 3.20. The molecule has 1 aromatic heterocycles. The van der Waals surface area contributed by atoms with E-state index in [0.29, 0.717) is 0 Å². The minimum atomic E-state index is -0.208. The fourth-order valence-corrected chi connectivity index (χ4v) is 2.98. The Morgan fingerprint density at radius 2 is 1.85 bits per heavy atom. The highest BCUT2D eigenvalue weighted by Gasteiger charge is 2.32. The van der Waals surface area contributed by atoms with Crippen molar-refractivity contribution in [2.24, 2.45) is 0 Å². The summed E-state index contributed by atoms with van der Waals surface area (Å²) in [4.78, 5) is 8.72. The minimum absolute atomic E-state index is 0.163. The van der Waals surface area contributed by atoms with Crippen LogP contribution in [-0.4, -0.2) is 33.8 Å². The molecular formula is C15H26N4O. The fraction of sp³-hybridized carbons (Fsp3) is 0.733. The topological polar surface area (TPSA) is 70.1 Å². The van der Waals surface area contributed by atoms with Crippen molar-refractivity contribution in [3.63, 3.8) is 0 Å². The van der Waals surface area contributed by atoms with Crippen molar-refractivity contribution in [2.75, 3.05) is 23.8 Å². The minimum Gasteiger partial charge on any atom is -0.394 e. The van der Waals surface area contributed by atoms with E-state index in [0.717, 1.165) is 43.0 Å². The van der Waals surface area contributed by atoms with Gasteiger partial charge in [0.25, 0.3) is 0 Å². The predicted octanol–water partition coefficient (Wildman–Crippen LogP) is 2.58. The zero-order valence-corrected chi connectivity index (χ0v) is 12.6. The molecule has 1 aliphatic rings. The molecule has 0 aliphatic heterocycles. The largest absolute Gasteiger partial charge is 0.394 e. The van der Waals surface area contributed by atoms with Gasteiger partial charge in [0, 0.05) is 12.1 Å². The normalized spacial score (nSPS) is 17.8. The summed E-state index contributed by atoms with van der Waals surface area (Å²) in [6, 6.07) is 0. The van der Waals surface area contributed by atoms with E-state index in [2.05, 4.69) is 34.4 Å². The van der Waals surface area contributed by atoms with Gasteiger partial charge in [-0.15, -0.1) is 0 Å². The van der Waals surface area contributed by atoms with Gasteiger partial charge in [-0.3, -0.25) is 0 Å². The van der Waals surface area contributed by atoms with E-state index in [1.165, 1.54) is 19.3 Å². The Morgan fingerprint density at radius 3 is 2.45 bits per heavy atom.